The minimum Gasteiger partial charge on any atom is -0.373 e. The molecule has 94 valence electrons. The first-order valence-electron chi connectivity index (χ1n) is 6.33. The fraction of sp³-hybridized carbons (Fsp3) is 0.846. The Morgan fingerprint density at radius 1 is 1.59 bits per heavy atom. The van der Waals surface area contributed by atoms with Crippen LogP contribution in [0.1, 0.15) is 39.5 Å². The zero-order valence-electron chi connectivity index (χ0n) is 10.6. The van der Waals surface area contributed by atoms with Crippen LogP contribution in [0.5, 0.6) is 0 Å². The predicted molar refractivity (Wildman–Crippen MR) is 63.0 cm³/mol. The van der Waals surface area contributed by atoms with Crippen molar-refractivity contribution in [3.05, 3.63) is 0 Å². The Balaban J connectivity index is 1.87. The minimum atomic E-state index is -0.769. The van der Waals surface area contributed by atoms with E-state index in [0.717, 1.165) is 19.4 Å². The average Bonchev–Trinajstić information content (AvgIpc) is 2.69. The van der Waals surface area contributed by atoms with E-state index in [1.807, 2.05) is 6.92 Å². The average molecular weight is 236 g/mol. The number of carbonyl (C=O) groups is 1. The Bertz CT molecular complexity index is 347. The third-order valence-corrected chi connectivity index (χ3v) is 3.97. The molecule has 1 saturated carbocycles. The second-order valence-corrected chi connectivity index (χ2v) is 5.79. The van der Waals surface area contributed by atoms with Crippen molar-refractivity contribution in [2.45, 2.75) is 45.1 Å². The fourth-order valence-electron chi connectivity index (χ4n) is 2.87. The van der Waals surface area contributed by atoms with Gasteiger partial charge in [-0.3, -0.25) is 4.79 Å². The van der Waals surface area contributed by atoms with Gasteiger partial charge in [0.1, 0.15) is 5.41 Å². The molecule has 1 aliphatic carbocycles. The maximum absolute atomic E-state index is 12.0. The lowest BCUT2D eigenvalue weighted by Gasteiger charge is -2.39. The lowest BCUT2D eigenvalue weighted by atomic mass is 9.63. The molecule has 1 aliphatic heterocycles. The SMILES string of the molecule is CC1CC(C#N)(C(=O)NCC2(C)CCCO2)C1. The number of amides is 1. The molecular formula is C13H20N2O2. The Kier molecular flexibility index (Phi) is 3.13. The summed E-state index contributed by atoms with van der Waals surface area (Å²) in [6.45, 7) is 5.38. The summed E-state index contributed by atoms with van der Waals surface area (Å²) in [5.74, 6) is 0.369. The summed E-state index contributed by atoms with van der Waals surface area (Å²) in [6.07, 6.45) is 3.40. The van der Waals surface area contributed by atoms with Gasteiger partial charge < -0.3 is 10.1 Å². The van der Waals surface area contributed by atoms with E-state index in [0.29, 0.717) is 25.3 Å². The van der Waals surface area contributed by atoms with Crippen molar-refractivity contribution in [3.8, 4) is 6.07 Å². The molecule has 0 aromatic rings. The molecule has 0 aromatic heterocycles. The summed E-state index contributed by atoms with van der Waals surface area (Å²) in [6, 6.07) is 2.18. The first kappa shape index (κ1) is 12.4. The molecule has 0 aromatic carbocycles. The van der Waals surface area contributed by atoms with E-state index in [-0.39, 0.29) is 11.5 Å². The van der Waals surface area contributed by atoms with Crippen LogP contribution in [0.15, 0.2) is 0 Å². The third kappa shape index (κ3) is 2.30. The summed E-state index contributed by atoms with van der Waals surface area (Å²) in [4.78, 5) is 12.0. The molecule has 17 heavy (non-hydrogen) atoms. The van der Waals surface area contributed by atoms with Crippen LogP contribution in [-0.2, 0) is 9.53 Å². The molecule has 0 bridgehead atoms. The van der Waals surface area contributed by atoms with E-state index >= 15 is 0 Å². The molecule has 0 spiro atoms. The molecule has 2 rings (SSSR count). The minimum absolute atomic E-state index is 0.116. The highest BCUT2D eigenvalue weighted by Gasteiger charge is 2.49. The summed E-state index contributed by atoms with van der Waals surface area (Å²) < 4.78 is 5.61. The summed E-state index contributed by atoms with van der Waals surface area (Å²) in [7, 11) is 0. The van der Waals surface area contributed by atoms with E-state index in [1.54, 1.807) is 0 Å². The van der Waals surface area contributed by atoms with Crippen molar-refractivity contribution >= 4 is 5.91 Å². The van der Waals surface area contributed by atoms with Crippen LogP contribution in [-0.4, -0.2) is 24.7 Å². The first-order chi connectivity index (χ1) is 8.00. The van der Waals surface area contributed by atoms with E-state index in [4.69, 9.17) is 10.00 Å². The number of hydrogen-bond acceptors (Lipinski definition) is 3. The lowest BCUT2D eigenvalue weighted by Crippen LogP contribution is -2.51. The van der Waals surface area contributed by atoms with Gasteiger partial charge >= 0.3 is 0 Å². The molecule has 1 unspecified atom stereocenters. The number of ether oxygens (including phenoxy) is 1. The zero-order valence-corrected chi connectivity index (χ0v) is 10.6. The van der Waals surface area contributed by atoms with Crippen LogP contribution in [0.4, 0.5) is 0 Å². The quantitative estimate of drug-likeness (QED) is 0.809. The van der Waals surface area contributed by atoms with Gasteiger partial charge in [0.25, 0.3) is 0 Å². The standard InChI is InChI=1S/C13H20N2O2/c1-10-6-13(7-10,8-14)11(16)15-9-12(2)4-3-5-17-12/h10H,3-7,9H2,1-2H3,(H,15,16). The third-order valence-electron chi connectivity index (χ3n) is 3.97. The van der Waals surface area contributed by atoms with E-state index in [2.05, 4.69) is 18.3 Å². The predicted octanol–water partition coefficient (Wildman–Crippen LogP) is 1.61. The molecule has 2 fully saturated rings. The normalized spacial score (nSPS) is 40.4. The maximum atomic E-state index is 12.0. The number of carbonyl (C=O) groups excluding carboxylic acids is 1. The highest BCUT2D eigenvalue weighted by molar-refractivity contribution is 5.86. The van der Waals surface area contributed by atoms with Crippen molar-refractivity contribution in [2.24, 2.45) is 11.3 Å². The van der Waals surface area contributed by atoms with Gasteiger partial charge in [0, 0.05) is 13.2 Å². The van der Waals surface area contributed by atoms with Gasteiger partial charge in [0.15, 0.2) is 0 Å². The Morgan fingerprint density at radius 2 is 2.29 bits per heavy atom. The molecule has 1 atom stereocenters. The highest BCUT2D eigenvalue weighted by Crippen LogP contribution is 2.45. The number of nitrogens with one attached hydrogen (secondary N) is 1. The van der Waals surface area contributed by atoms with Gasteiger partial charge in [-0.05, 0) is 38.5 Å². The summed E-state index contributed by atoms with van der Waals surface area (Å²) in [5, 5.41) is 12.0. The van der Waals surface area contributed by atoms with Gasteiger partial charge in [0.2, 0.25) is 5.91 Å². The number of rotatable bonds is 3. The van der Waals surface area contributed by atoms with Crippen LogP contribution < -0.4 is 5.32 Å². The summed E-state index contributed by atoms with van der Waals surface area (Å²) in [5.41, 5.74) is -1.00. The Hall–Kier alpha value is -1.08. The highest BCUT2D eigenvalue weighted by atomic mass is 16.5. The van der Waals surface area contributed by atoms with Gasteiger partial charge in [0.05, 0.1) is 11.7 Å². The second-order valence-electron chi connectivity index (χ2n) is 5.79. The van der Waals surface area contributed by atoms with Crippen LogP contribution in [0.2, 0.25) is 0 Å². The van der Waals surface area contributed by atoms with Gasteiger partial charge in [-0.15, -0.1) is 0 Å². The van der Waals surface area contributed by atoms with Crippen molar-refractivity contribution in [1.82, 2.24) is 5.32 Å². The van der Waals surface area contributed by atoms with Crippen molar-refractivity contribution in [3.63, 3.8) is 0 Å². The molecule has 1 heterocycles. The van der Waals surface area contributed by atoms with Crippen molar-refractivity contribution in [2.75, 3.05) is 13.2 Å². The van der Waals surface area contributed by atoms with Crippen molar-refractivity contribution < 1.29 is 9.53 Å². The molecule has 1 saturated heterocycles. The zero-order chi connectivity index (χ0) is 12.5. The molecule has 1 N–H and O–H groups in total. The van der Waals surface area contributed by atoms with Crippen molar-refractivity contribution in [1.29, 1.82) is 5.26 Å². The molecule has 2 aliphatic rings. The van der Waals surface area contributed by atoms with Crippen LogP contribution in [0.3, 0.4) is 0 Å². The molecule has 0 radical (unpaired) electrons. The smallest absolute Gasteiger partial charge is 0.240 e. The molecule has 4 heteroatoms. The number of hydrogen-bond donors (Lipinski definition) is 1. The fourth-order valence-corrected chi connectivity index (χ4v) is 2.87. The first-order valence-corrected chi connectivity index (χ1v) is 6.33. The van der Waals surface area contributed by atoms with E-state index in [1.165, 1.54) is 0 Å². The van der Waals surface area contributed by atoms with Crippen LogP contribution in [0, 0.1) is 22.7 Å². The van der Waals surface area contributed by atoms with E-state index in [9.17, 15) is 4.79 Å². The monoisotopic (exact) mass is 236 g/mol. The largest absolute Gasteiger partial charge is 0.373 e. The summed E-state index contributed by atoms with van der Waals surface area (Å²) >= 11 is 0. The molecule has 4 nitrogen and oxygen atoms in total. The second kappa shape index (κ2) is 4.30. The van der Waals surface area contributed by atoms with Gasteiger partial charge in [-0.1, -0.05) is 6.92 Å². The van der Waals surface area contributed by atoms with E-state index < -0.39 is 5.41 Å². The number of nitrogens with zero attached hydrogens (tertiary/aromatic N) is 1. The lowest BCUT2D eigenvalue weighted by molar-refractivity contribution is -0.135. The molecular weight excluding hydrogens is 216 g/mol. The Morgan fingerprint density at radius 3 is 2.76 bits per heavy atom. The number of nitriles is 1. The maximum Gasteiger partial charge on any atom is 0.240 e. The van der Waals surface area contributed by atoms with Gasteiger partial charge in [-0.25, -0.2) is 0 Å². The van der Waals surface area contributed by atoms with Gasteiger partial charge in [-0.2, -0.15) is 5.26 Å². The van der Waals surface area contributed by atoms with Crippen LogP contribution >= 0.6 is 0 Å². The van der Waals surface area contributed by atoms with Crippen LogP contribution in [0.25, 0.3) is 0 Å². The topological polar surface area (TPSA) is 62.1 Å². The molecule has 1 amide bonds. The Labute approximate surface area is 102 Å².